The van der Waals surface area contributed by atoms with E-state index >= 15 is 0 Å². The number of thioether (sulfide) groups is 1. The SMILES string of the molecule is CC1=C(C(=O)OCc2ccccc2)C(c2ccc(F)cc2)n2nc(SCc3ccccc3F)nc2N1. The van der Waals surface area contributed by atoms with Crippen molar-refractivity contribution in [1.29, 1.82) is 0 Å². The Kier molecular flexibility index (Phi) is 6.81. The summed E-state index contributed by atoms with van der Waals surface area (Å²) in [6.45, 7) is 1.88. The number of nitrogens with one attached hydrogen (secondary N) is 1. The molecule has 0 amide bonds. The number of allylic oxidation sites excluding steroid dienone is 1. The average molecular weight is 505 g/mol. The predicted molar refractivity (Wildman–Crippen MR) is 133 cm³/mol. The van der Waals surface area contributed by atoms with Gasteiger partial charge in [-0.05, 0) is 41.8 Å². The zero-order valence-electron chi connectivity index (χ0n) is 19.3. The molecule has 0 fully saturated rings. The molecule has 1 aliphatic heterocycles. The molecule has 0 radical (unpaired) electrons. The molecule has 1 aromatic heterocycles. The van der Waals surface area contributed by atoms with Gasteiger partial charge >= 0.3 is 5.97 Å². The van der Waals surface area contributed by atoms with Gasteiger partial charge in [0.25, 0.3) is 0 Å². The van der Waals surface area contributed by atoms with Crippen LogP contribution in [0.1, 0.15) is 29.7 Å². The summed E-state index contributed by atoms with van der Waals surface area (Å²) in [5.74, 6) is -0.424. The summed E-state index contributed by atoms with van der Waals surface area (Å²) in [5.41, 5.74) is 2.96. The lowest BCUT2D eigenvalue weighted by molar-refractivity contribution is -0.140. The second-order valence-corrected chi connectivity index (χ2v) is 9.16. The molecule has 1 N–H and O–H groups in total. The highest BCUT2D eigenvalue weighted by Gasteiger charge is 2.35. The van der Waals surface area contributed by atoms with Crippen molar-refractivity contribution in [1.82, 2.24) is 14.8 Å². The Morgan fingerprint density at radius 2 is 1.75 bits per heavy atom. The molecule has 0 saturated carbocycles. The van der Waals surface area contributed by atoms with E-state index in [9.17, 15) is 13.6 Å². The average Bonchev–Trinajstić information content (AvgIpc) is 3.29. The highest BCUT2D eigenvalue weighted by Crippen LogP contribution is 2.37. The van der Waals surface area contributed by atoms with Crippen molar-refractivity contribution in [2.24, 2.45) is 0 Å². The molecule has 1 atom stereocenters. The molecule has 0 bridgehead atoms. The largest absolute Gasteiger partial charge is 0.457 e. The first-order chi connectivity index (χ1) is 17.5. The van der Waals surface area contributed by atoms with Gasteiger partial charge in [-0.2, -0.15) is 4.98 Å². The van der Waals surface area contributed by atoms with Gasteiger partial charge in [0.05, 0.1) is 5.57 Å². The van der Waals surface area contributed by atoms with E-state index < -0.39 is 12.0 Å². The Morgan fingerprint density at radius 3 is 2.50 bits per heavy atom. The van der Waals surface area contributed by atoms with E-state index in [1.54, 1.807) is 41.9 Å². The van der Waals surface area contributed by atoms with E-state index in [2.05, 4.69) is 15.4 Å². The number of esters is 1. The van der Waals surface area contributed by atoms with Gasteiger partial charge in [-0.15, -0.1) is 5.10 Å². The van der Waals surface area contributed by atoms with Gasteiger partial charge in [0.15, 0.2) is 0 Å². The number of rotatable bonds is 7. The van der Waals surface area contributed by atoms with Crippen LogP contribution in [0.3, 0.4) is 0 Å². The molecule has 0 aliphatic carbocycles. The zero-order valence-corrected chi connectivity index (χ0v) is 20.1. The Bertz CT molecular complexity index is 1420. The van der Waals surface area contributed by atoms with E-state index in [0.29, 0.717) is 39.3 Å². The molecule has 0 saturated heterocycles. The second-order valence-electron chi connectivity index (χ2n) is 8.22. The van der Waals surface area contributed by atoms with Gasteiger partial charge in [0, 0.05) is 11.4 Å². The van der Waals surface area contributed by atoms with E-state index in [1.807, 2.05) is 30.3 Å². The number of aromatic nitrogens is 3. The summed E-state index contributed by atoms with van der Waals surface area (Å²) in [5, 5.41) is 8.16. The highest BCUT2D eigenvalue weighted by atomic mass is 32.2. The molecule has 6 nitrogen and oxygen atoms in total. The summed E-state index contributed by atoms with van der Waals surface area (Å²) in [4.78, 5) is 17.8. The molecule has 5 rings (SSSR count). The first kappa shape index (κ1) is 23.7. The quantitative estimate of drug-likeness (QED) is 0.250. The van der Waals surface area contributed by atoms with Crippen molar-refractivity contribution in [3.8, 4) is 0 Å². The molecule has 2 heterocycles. The van der Waals surface area contributed by atoms with E-state index in [1.165, 1.54) is 30.0 Å². The Labute approximate surface area is 211 Å². The summed E-state index contributed by atoms with van der Waals surface area (Å²) in [6.07, 6.45) is 0. The maximum atomic E-state index is 14.1. The minimum Gasteiger partial charge on any atom is -0.457 e. The van der Waals surface area contributed by atoms with Crippen molar-refractivity contribution in [3.63, 3.8) is 0 Å². The lowest BCUT2D eigenvalue weighted by Crippen LogP contribution is -2.29. The predicted octanol–water partition coefficient (Wildman–Crippen LogP) is 5.88. The maximum absolute atomic E-state index is 14.1. The fourth-order valence-corrected chi connectivity index (χ4v) is 4.78. The van der Waals surface area contributed by atoms with Crippen LogP contribution in [-0.2, 0) is 21.9 Å². The van der Waals surface area contributed by atoms with Crippen LogP contribution < -0.4 is 5.32 Å². The molecule has 3 aromatic carbocycles. The number of nitrogens with zero attached hydrogens (tertiary/aromatic N) is 3. The second kappa shape index (κ2) is 10.3. The number of carbonyl (C=O) groups is 1. The van der Waals surface area contributed by atoms with Gasteiger partial charge in [0.2, 0.25) is 11.1 Å². The van der Waals surface area contributed by atoms with Crippen molar-refractivity contribution in [3.05, 3.63) is 118 Å². The summed E-state index contributed by atoms with van der Waals surface area (Å²) >= 11 is 1.28. The number of benzene rings is 3. The molecular weight excluding hydrogens is 482 g/mol. The third-order valence-electron chi connectivity index (χ3n) is 5.77. The monoisotopic (exact) mass is 504 g/mol. The smallest absolute Gasteiger partial charge is 0.338 e. The number of carbonyl (C=O) groups excluding carboxylic acids is 1. The lowest BCUT2D eigenvalue weighted by atomic mass is 9.96. The number of hydrogen-bond donors (Lipinski definition) is 1. The zero-order chi connectivity index (χ0) is 25.1. The van der Waals surface area contributed by atoms with Crippen LogP contribution in [-0.4, -0.2) is 20.7 Å². The highest BCUT2D eigenvalue weighted by molar-refractivity contribution is 7.98. The molecular formula is C27H22F2N4O2S. The third kappa shape index (κ3) is 5.01. The van der Waals surface area contributed by atoms with Crippen LogP contribution in [0.5, 0.6) is 0 Å². The van der Waals surface area contributed by atoms with Crippen molar-refractivity contribution in [2.45, 2.75) is 30.5 Å². The van der Waals surface area contributed by atoms with E-state index in [0.717, 1.165) is 5.56 Å². The molecule has 36 heavy (non-hydrogen) atoms. The maximum Gasteiger partial charge on any atom is 0.338 e. The fourth-order valence-electron chi connectivity index (χ4n) is 3.97. The number of fused-ring (bicyclic) bond motifs is 1. The fraction of sp³-hybridized carbons (Fsp3) is 0.148. The van der Waals surface area contributed by atoms with Crippen molar-refractivity contribution in [2.75, 3.05) is 5.32 Å². The first-order valence-electron chi connectivity index (χ1n) is 11.3. The van der Waals surface area contributed by atoms with Gasteiger partial charge in [-0.1, -0.05) is 72.4 Å². The van der Waals surface area contributed by atoms with Crippen LogP contribution in [0.4, 0.5) is 14.7 Å². The van der Waals surface area contributed by atoms with Gasteiger partial charge in [0.1, 0.15) is 24.3 Å². The van der Waals surface area contributed by atoms with Crippen molar-refractivity contribution < 1.29 is 18.3 Å². The normalized spacial score (nSPS) is 14.8. The van der Waals surface area contributed by atoms with E-state index in [-0.39, 0.29) is 18.2 Å². The van der Waals surface area contributed by atoms with Crippen LogP contribution in [0.2, 0.25) is 0 Å². The third-order valence-corrected chi connectivity index (χ3v) is 6.65. The molecule has 4 aromatic rings. The molecule has 0 spiro atoms. The molecule has 1 unspecified atom stereocenters. The minimum atomic E-state index is -0.680. The molecule has 182 valence electrons. The lowest BCUT2D eigenvalue weighted by Gasteiger charge is -2.28. The summed E-state index contributed by atoms with van der Waals surface area (Å²) < 4.78 is 35.0. The topological polar surface area (TPSA) is 69.0 Å². The molecule has 9 heteroatoms. The van der Waals surface area contributed by atoms with Gasteiger partial charge < -0.3 is 10.1 Å². The number of ether oxygens (including phenoxy) is 1. The summed E-state index contributed by atoms with van der Waals surface area (Å²) in [7, 11) is 0. The van der Waals surface area contributed by atoms with Crippen LogP contribution in [0.25, 0.3) is 0 Å². The summed E-state index contributed by atoms with van der Waals surface area (Å²) in [6, 6.07) is 21.1. The van der Waals surface area contributed by atoms with Crippen LogP contribution in [0.15, 0.2) is 95.3 Å². The van der Waals surface area contributed by atoms with Gasteiger partial charge in [-0.25, -0.2) is 18.3 Å². The number of halogens is 2. The van der Waals surface area contributed by atoms with E-state index in [4.69, 9.17) is 4.74 Å². The minimum absolute atomic E-state index is 0.112. The number of hydrogen-bond acceptors (Lipinski definition) is 6. The molecule has 1 aliphatic rings. The van der Waals surface area contributed by atoms with Crippen molar-refractivity contribution >= 4 is 23.7 Å². The standard InChI is InChI=1S/C27H22F2N4O2S/c1-17-23(25(34)35-15-18-7-3-2-4-8-18)24(19-11-13-21(28)14-12-19)33-26(30-17)31-27(32-33)36-16-20-9-5-6-10-22(20)29/h2-14,24H,15-16H2,1H3,(H,30,31,32). The Balaban J connectivity index is 1.45. The number of anilines is 1. The van der Waals surface area contributed by atoms with Crippen LogP contribution >= 0.6 is 11.8 Å². The Morgan fingerprint density at radius 1 is 1.03 bits per heavy atom. The van der Waals surface area contributed by atoms with Gasteiger partial charge in [-0.3, -0.25) is 0 Å². The first-order valence-corrected chi connectivity index (χ1v) is 12.2. The Hall–Kier alpha value is -3.98. The van der Waals surface area contributed by atoms with Crippen LogP contribution in [0, 0.1) is 11.6 Å².